The minimum absolute atomic E-state index is 0.585. The summed E-state index contributed by atoms with van der Waals surface area (Å²) in [5.41, 5.74) is 0. The first kappa shape index (κ1) is 8.89. The molecular weight excluding hydrogens is 150 g/mol. The Kier molecular flexibility index (Phi) is 3.43. The molecule has 1 N–H and O–H groups in total. The first-order valence-electron chi connectivity index (χ1n) is 4.08. The highest BCUT2D eigenvalue weighted by molar-refractivity contribution is 5.07. The van der Waals surface area contributed by atoms with Gasteiger partial charge in [0.05, 0.1) is 13.1 Å². The zero-order valence-corrected chi connectivity index (χ0v) is 7.26. The zero-order chi connectivity index (χ0) is 8.81. The van der Waals surface area contributed by atoms with E-state index >= 15 is 0 Å². The van der Waals surface area contributed by atoms with Gasteiger partial charge in [0.15, 0.2) is 0 Å². The van der Waals surface area contributed by atoms with Crippen LogP contribution in [0, 0.1) is 12.3 Å². The van der Waals surface area contributed by atoms with E-state index in [1.807, 2.05) is 12.1 Å². The van der Waals surface area contributed by atoms with Crippen LogP contribution in [-0.2, 0) is 13.0 Å². The van der Waals surface area contributed by atoms with E-state index < -0.39 is 0 Å². The van der Waals surface area contributed by atoms with Gasteiger partial charge in [0.1, 0.15) is 11.5 Å². The minimum atomic E-state index is 0.585. The van der Waals surface area contributed by atoms with E-state index in [9.17, 15) is 0 Å². The quantitative estimate of drug-likeness (QED) is 0.538. The molecule has 1 aromatic rings. The highest BCUT2D eigenvalue weighted by Gasteiger charge is 1.97. The molecule has 0 aromatic carbocycles. The smallest absolute Gasteiger partial charge is 0.117 e. The molecule has 0 atom stereocenters. The molecule has 0 saturated heterocycles. The van der Waals surface area contributed by atoms with E-state index in [-0.39, 0.29) is 0 Å². The maximum atomic E-state index is 5.45. The van der Waals surface area contributed by atoms with Crippen LogP contribution in [0.15, 0.2) is 16.5 Å². The van der Waals surface area contributed by atoms with Crippen molar-refractivity contribution >= 4 is 0 Å². The van der Waals surface area contributed by atoms with Gasteiger partial charge < -0.3 is 4.42 Å². The summed E-state index contributed by atoms with van der Waals surface area (Å²) in [7, 11) is 0. The van der Waals surface area contributed by atoms with Crippen molar-refractivity contribution in [2.45, 2.75) is 19.9 Å². The predicted octanol–water partition coefficient (Wildman–Crippen LogP) is 1.56. The monoisotopic (exact) mass is 163 g/mol. The van der Waals surface area contributed by atoms with Crippen LogP contribution >= 0.6 is 0 Å². The van der Waals surface area contributed by atoms with Gasteiger partial charge in [-0.1, -0.05) is 12.8 Å². The van der Waals surface area contributed by atoms with Gasteiger partial charge in [-0.2, -0.15) is 0 Å². The zero-order valence-electron chi connectivity index (χ0n) is 7.26. The summed E-state index contributed by atoms with van der Waals surface area (Å²) in [5.74, 6) is 4.47. The van der Waals surface area contributed by atoms with Crippen molar-refractivity contribution in [3.8, 4) is 12.3 Å². The topological polar surface area (TPSA) is 25.2 Å². The molecule has 0 spiro atoms. The molecule has 2 heteroatoms. The van der Waals surface area contributed by atoms with Crippen LogP contribution in [0.1, 0.15) is 18.4 Å². The molecule has 0 aliphatic rings. The number of hydrogen-bond donors (Lipinski definition) is 1. The fraction of sp³-hybridized carbons (Fsp3) is 0.400. The molecule has 0 radical (unpaired) electrons. The maximum absolute atomic E-state index is 5.45. The Morgan fingerprint density at radius 2 is 2.25 bits per heavy atom. The molecule has 0 fully saturated rings. The largest absolute Gasteiger partial charge is 0.465 e. The maximum Gasteiger partial charge on any atom is 0.117 e. The summed E-state index contributed by atoms with van der Waals surface area (Å²) in [4.78, 5) is 0. The Bertz CT molecular complexity index is 270. The van der Waals surface area contributed by atoms with E-state index in [1.54, 1.807) is 0 Å². The number of aryl methyl sites for hydroxylation is 1. The Morgan fingerprint density at radius 1 is 1.50 bits per heavy atom. The highest BCUT2D eigenvalue weighted by atomic mass is 16.3. The number of furan rings is 1. The Labute approximate surface area is 73.0 Å². The van der Waals surface area contributed by atoms with E-state index in [0.717, 1.165) is 17.9 Å². The summed E-state index contributed by atoms with van der Waals surface area (Å²) < 4.78 is 5.45. The molecule has 1 rings (SSSR count). The molecular formula is C10H13NO. The van der Waals surface area contributed by atoms with Crippen molar-refractivity contribution in [3.05, 3.63) is 23.7 Å². The number of hydrogen-bond acceptors (Lipinski definition) is 2. The van der Waals surface area contributed by atoms with Crippen molar-refractivity contribution in [1.29, 1.82) is 0 Å². The van der Waals surface area contributed by atoms with Gasteiger partial charge in [-0.05, 0) is 12.1 Å². The van der Waals surface area contributed by atoms with E-state index in [0.29, 0.717) is 13.1 Å². The third kappa shape index (κ3) is 2.44. The molecule has 0 saturated carbocycles. The lowest BCUT2D eigenvalue weighted by Crippen LogP contribution is -2.12. The summed E-state index contributed by atoms with van der Waals surface area (Å²) in [6, 6.07) is 3.97. The van der Waals surface area contributed by atoms with E-state index in [2.05, 4.69) is 18.2 Å². The molecule has 0 amide bonds. The van der Waals surface area contributed by atoms with Crippen LogP contribution in [0.5, 0.6) is 0 Å². The number of nitrogens with one attached hydrogen (secondary N) is 1. The van der Waals surface area contributed by atoms with Gasteiger partial charge in [-0.25, -0.2) is 0 Å². The second-order valence-electron chi connectivity index (χ2n) is 2.53. The average molecular weight is 163 g/mol. The normalized spacial score (nSPS) is 9.67. The second kappa shape index (κ2) is 4.63. The third-order valence-electron chi connectivity index (χ3n) is 1.59. The van der Waals surface area contributed by atoms with Crippen molar-refractivity contribution in [3.63, 3.8) is 0 Å². The SMILES string of the molecule is C#CCNCc1ccc(CC)o1. The predicted molar refractivity (Wildman–Crippen MR) is 48.6 cm³/mol. The lowest BCUT2D eigenvalue weighted by Gasteiger charge is -1.95. The Balaban J connectivity index is 2.37. The molecule has 0 aliphatic carbocycles. The number of terminal acetylenes is 1. The Morgan fingerprint density at radius 3 is 2.83 bits per heavy atom. The fourth-order valence-electron chi connectivity index (χ4n) is 0.965. The van der Waals surface area contributed by atoms with Crippen LogP contribution in [0.2, 0.25) is 0 Å². The van der Waals surface area contributed by atoms with E-state index in [4.69, 9.17) is 10.8 Å². The number of rotatable bonds is 4. The fourth-order valence-corrected chi connectivity index (χ4v) is 0.965. The molecule has 1 heterocycles. The molecule has 0 bridgehead atoms. The second-order valence-corrected chi connectivity index (χ2v) is 2.53. The van der Waals surface area contributed by atoms with Gasteiger partial charge in [-0.15, -0.1) is 6.42 Å². The van der Waals surface area contributed by atoms with Crippen LogP contribution in [0.4, 0.5) is 0 Å². The van der Waals surface area contributed by atoms with Crippen molar-refractivity contribution in [2.75, 3.05) is 6.54 Å². The summed E-state index contributed by atoms with van der Waals surface area (Å²) in [6.07, 6.45) is 6.02. The van der Waals surface area contributed by atoms with E-state index in [1.165, 1.54) is 0 Å². The summed E-state index contributed by atoms with van der Waals surface area (Å²) in [6.45, 7) is 3.36. The minimum Gasteiger partial charge on any atom is -0.465 e. The van der Waals surface area contributed by atoms with Gasteiger partial charge in [0, 0.05) is 6.42 Å². The average Bonchev–Trinajstić information content (AvgIpc) is 2.53. The van der Waals surface area contributed by atoms with Gasteiger partial charge in [-0.3, -0.25) is 5.32 Å². The molecule has 0 unspecified atom stereocenters. The first-order valence-corrected chi connectivity index (χ1v) is 4.08. The molecule has 1 aromatic heterocycles. The van der Waals surface area contributed by atoms with Crippen LogP contribution in [-0.4, -0.2) is 6.54 Å². The van der Waals surface area contributed by atoms with Gasteiger partial charge in [0.2, 0.25) is 0 Å². The molecule has 0 aliphatic heterocycles. The van der Waals surface area contributed by atoms with Gasteiger partial charge >= 0.3 is 0 Å². The van der Waals surface area contributed by atoms with Crippen molar-refractivity contribution in [2.24, 2.45) is 0 Å². The third-order valence-corrected chi connectivity index (χ3v) is 1.59. The van der Waals surface area contributed by atoms with Crippen molar-refractivity contribution in [1.82, 2.24) is 5.32 Å². The Hall–Kier alpha value is -1.20. The van der Waals surface area contributed by atoms with Gasteiger partial charge in [0.25, 0.3) is 0 Å². The standard InChI is InChI=1S/C10H13NO/c1-3-7-11-8-10-6-5-9(4-2)12-10/h1,5-6,11H,4,7-8H2,2H3. The first-order chi connectivity index (χ1) is 5.86. The molecule has 64 valence electrons. The summed E-state index contributed by atoms with van der Waals surface area (Å²) in [5, 5.41) is 3.06. The highest BCUT2D eigenvalue weighted by Crippen LogP contribution is 2.07. The summed E-state index contributed by atoms with van der Waals surface area (Å²) >= 11 is 0. The van der Waals surface area contributed by atoms with Crippen LogP contribution in [0.3, 0.4) is 0 Å². The lowest BCUT2D eigenvalue weighted by molar-refractivity contribution is 0.456. The molecule has 12 heavy (non-hydrogen) atoms. The van der Waals surface area contributed by atoms with Crippen molar-refractivity contribution < 1.29 is 4.42 Å². The molecule has 2 nitrogen and oxygen atoms in total. The van der Waals surface area contributed by atoms with Crippen LogP contribution in [0.25, 0.3) is 0 Å². The van der Waals surface area contributed by atoms with Crippen LogP contribution < -0.4 is 5.32 Å². The lowest BCUT2D eigenvalue weighted by atomic mass is 10.3.